The summed E-state index contributed by atoms with van der Waals surface area (Å²) < 4.78 is 12.5. The molecule has 0 saturated carbocycles. The smallest absolute Gasteiger partial charge is 0.344 e. The lowest BCUT2D eigenvalue weighted by Gasteiger charge is -2.09. The van der Waals surface area contributed by atoms with E-state index in [2.05, 4.69) is 4.98 Å². The topological polar surface area (TPSA) is 52.8 Å². The van der Waals surface area contributed by atoms with Crippen LogP contribution in [0.1, 0.15) is 16.8 Å². The van der Waals surface area contributed by atoms with Crippen LogP contribution < -0.4 is 4.74 Å². The van der Waals surface area contributed by atoms with Crippen molar-refractivity contribution in [1.29, 1.82) is 0 Å². The number of ether oxygens (including phenoxy) is 2. The maximum atomic E-state index is 11.9. The molecule has 0 aliphatic carbocycles. The number of imidazole rings is 1. The summed E-state index contributed by atoms with van der Waals surface area (Å²) in [6.45, 7) is 3.86. The second kappa shape index (κ2) is 6.93. The van der Waals surface area contributed by atoms with E-state index in [1.807, 2.05) is 32.0 Å². The molecule has 0 aliphatic rings. The Morgan fingerprint density at radius 2 is 2.04 bits per heavy atom. The van der Waals surface area contributed by atoms with E-state index in [1.165, 1.54) is 0 Å². The van der Waals surface area contributed by atoms with Crippen LogP contribution in [0.5, 0.6) is 5.75 Å². The predicted octanol–water partition coefficient (Wildman–Crippen LogP) is 3.73. The van der Waals surface area contributed by atoms with E-state index < -0.39 is 5.97 Å². The molecule has 0 bridgehead atoms. The van der Waals surface area contributed by atoms with Crippen molar-refractivity contribution >= 4 is 23.2 Å². The number of aromatic nitrogens is 2. The molecule has 0 saturated heterocycles. The lowest BCUT2D eigenvalue weighted by Crippen LogP contribution is -2.15. The molecule has 3 aromatic rings. The minimum absolute atomic E-state index is 0.0916. The molecule has 0 radical (unpaired) electrons. The monoisotopic (exact) mass is 344 g/mol. The van der Waals surface area contributed by atoms with Gasteiger partial charge in [0.1, 0.15) is 18.0 Å². The van der Waals surface area contributed by atoms with Gasteiger partial charge < -0.3 is 13.9 Å². The first-order valence-corrected chi connectivity index (χ1v) is 7.88. The third-order valence-electron chi connectivity index (χ3n) is 3.54. The molecule has 2 heterocycles. The van der Waals surface area contributed by atoms with Crippen molar-refractivity contribution in [2.75, 3.05) is 6.61 Å². The number of aryl methyl sites for hydroxylation is 2. The summed E-state index contributed by atoms with van der Waals surface area (Å²) in [6.07, 6.45) is 3.53. The maximum absolute atomic E-state index is 11.9. The van der Waals surface area contributed by atoms with Crippen LogP contribution in [0.4, 0.5) is 0 Å². The number of benzene rings is 1. The summed E-state index contributed by atoms with van der Waals surface area (Å²) in [7, 11) is 0. The molecule has 0 atom stereocenters. The van der Waals surface area contributed by atoms with Crippen molar-refractivity contribution in [3.8, 4) is 5.75 Å². The van der Waals surface area contributed by atoms with Gasteiger partial charge in [-0.15, -0.1) is 0 Å². The van der Waals surface area contributed by atoms with Gasteiger partial charge in [-0.05, 0) is 43.2 Å². The highest BCUT2D eigenvalue weighted by atomic mass is 35.5. The summed E-state index contributed by atoms with van der Waals surface area (Å²) in [5.74, 6) is 0.250. The van der Waals surface area contributed by atoms with Gasteiger partial charge in [0.05, 0.1) is 10.7 Å². The highest BCUT2D eigenvalue weighted by Crippen LogP contribution is 2.19. The number of rotatable bonds is 5. The molecule has 1 aromatic carbocycles. The lowest BCUT2D eigenvalue weighted by molar-refractivity contribution is -0.147. The molecule has 3 rings (SSSR count). The molecule has 2 aromatic heterocycles. The van der Waals surface area contributed by atoms with Crippen molar-refractivity contribution < 1.29 is 14.3 Å². The van der Waals surface area contributed by atoms with Gasteiger partial charge in [0.15, 0.2) is 6.61 Å². The summed E-state index contributed by atoms with van der Waals surface area (Å²) >= 11 is 5.93. The van der Waals surface area contributed by atoms with Gasteiger partial charge in [0, 0.05) is 12.4 Å². The van der Waals surface area contributed by atoms with Crippen molar-refractivity contribution in [2.24, 2.45) is 0 Å². The first-order valence-electron chi connectivity index (χ1n) is 7.50. The van der Waals surface area contributed by atoms with Crippen molar-refractivity contribution in [2.45, 2.75) is 20.5 Å². The average molecular weight is 345 g/mol. The van der Waals surface area contributed by atoms with Crippen LogP contribution in [0, 0.1) is 13.8 Å². The van der Waals surface area contributed by atoms with Crippen molar-refractivity contribution in [3.05, 3.63) is 64.6 Å². The Bertz CT molecular complexity index is 889. The molecule has 0 spiro atoms. The third-order valence-corrected chi connectivity index (χ3v) is 3.76. The van der Waals surface area contributed by atoms with Crippen molar-refractivity contribution in [3.63, 3.8) is 0 Å². The summed E-state index contributed by atoms with van der Waals surface area (Å²) in [6, 6.07) is 9.41. The predicted molar refractivity (Wildman–Crippen MR) is 91.4 cm³/mol. The van der Waals surface area contributed by atoms with Gasteiger partial charge in [0.25, 0.3) is 0 Å². The van der Waals surface area contributed by atoms with Crippen LogP contribution >= 0.6 is 11.6 Å². The Hall–Kier alpha value is -2.53. The van der Waals surface area contributed by atoms with Gasteiger partial charge in [-0.3, -0.25) is 0 Å². The van der Waals surface area contributed by atoms with Gasteiger partial charge in [0.2, 0.25) is 0 Å². The number of hydrogen-bond donors (Lipinski definition) is 0. The minimum atomic E-state index is -0.439. The zero-order valence-corrected chi connectivity index (χ0v) is 14.2. The average Bonchev–Trinajstić information content (AvgIpc) is 2.95. The number of esters is 1. The van der Waals surface area contributed by atoms with Crippen LogP contribution in [0.2, 0.25) is 5.02 Å². The van der Waals surface area contributed by atoms with E-state index >= 15 is 0 Å². The van der Waals surface area contributed by atoms with E-state index in [-0.39, 0.29) is 13.2 Å². The van der Waals surface area contributed by atoms with Gasteiger partial charge in [-0.1, -0.05) is 23.7 Å². The Balaban J connectivity index is 1.55. The van der Waals surface area contributed by atoms with Crippen LogP contribution in [-0.4, -0.2) is 22.0 Å². The number of hydrogen-bond acceptors (Lipinski definition) is 4. The van der Waals surface area contributed by atoms with Crippen molar-refractivity contribution in [1.82, 2.24) is 9.38 Å². The zero-order chi connectivity index (χ0) is 17.1. The fraction of sp³-hybridized carbons (Fsp3) is 0.222. The first-order chi connectivity index (χ1) is 11.5. The number of nitrogens with zero attached hydrogens (tertiary/aromatic N) is 2. The van der Waals surface area contributed by atoms with E-state index in [1.54, 1.807) is 28.9 Å². The zero-order valence-electron chi connectivity index (χ0n) is 13.5. The molecule has 124 valence electrons. The number of halogens is 1. The van der Waals surface area contributed by atoms with Crippen LogP contribution in [-0.2, 0) is 16.1 Å². The molecule has 0 aliphatic heterocycles. The Morgan fingerprint density at radius 1 is 1.21 bits per heavy atom. The highest BCUT2D eigenvalue weighted by Gasteiger charge is 2.09. The van der Waals surface area contributed by atoms with Gasteiger partial charge >= 0.3 is 5.97 Å². The highest BCUT2D eigenvalue weighted by molar-refractivity contribution is 6.30. The number of fused-ring (bicyclic) bond motifs is 1. The first kappa shape index (κ1) is 16.3. The van der Waals surface area contributed by atoms with Crippen LogP contribution in [0.3, 0.4) is 0 Å². The van der Waals surface area contributed by atoms with E-state index in [0.29, 0.717) is 16.5 Å². The minimum Gasteiger partial charge on any atom is -0.482 e. The number of carbonyl (C=O) groups excluding carboxylic acids is 1. The van der Waals surface area contributed by atoms with E-state index in [4.69, 9.17) is 21.1 Å². The van der Waals surface area contributed by atoms with Gasteiger partial charge in [-0.25, -0.2) is 9.78 Å². The summed E-state index contributed by atoms with van der Waals surface area (Å²) in [5, 5.41) is 0.616. The van der Waals surface area contributed by atoms with Crippen LogP contribution in [0.25, 0.3) is 5.65 Å². The Labute approximate surface area is 144 Å². The number of pyridine rings is 1. The standard InChI is InChI=1S/C18H17ClN2O3/c1-12-3-4-13(2)16(7-12)23-11-18(22)24-10-15-9-21-8-14(19)5-6-17(21)20-15/h3-9H,10-11H2,1-2H3. The summed E-state index contributed by atoms with van der Waals surface area (Å²) in [5.41, 5.74) is 3.45. The van der Waals surface area contributed by atoms with E-state index in [9.17, 15) is 4.79 Å². The Kier molecular flexibility index (Phi) is 4.71. The largest absolute Gasteiger partial charge is 0.482 e. The SMILES string of the molecule is Cc1ccc(C)c(OCC(=O)OCc2cn3cc(Cl)ccc3n2)c1. The molecule has 24 heavy (non-hydrogen) atoms. The normalized spacial score (nSPS) is 10.8. The third kappa shape index (κ3) is 3.86. The summed E-state index contributed by atoms with van der Waals surface area (Å²) in [4.78, 5) is 16.2. The molecule has 0 amide bonds. The lowest BCUT2D eigenvalue weighted by atomic mass is 10.1. The maximum Gasteiger partial charge on any atom is 0.344 e. The Morgan fingerprint density at radius 3 is 2.88 bits per heavy atom. The van der Waals surface area contributed by atoms with E-state index in [0.717, 1.165) is 16.8 Å². The quantitative estimate of drug-likeness (QED) is 0.662. The molecular weight excluding hydrogens is 328 g/mol. The fourth-order valence-corrected chi connectivity index (χ4v) is 2.45. The molecule has 0 fully saturated rings. The molecular formula is C18H17ClN2O3. The second-order valence-electron chi connectivity index (χ2n) is 5.56. The van der Waals surface area contributed by atoms with Gasteiger partial charge in [-0.2, -0.15) is 0 Å². The number of carbonyl (C=O) groups is 1. The molecule has 5 nitrogen and oxygen atoms in total. The molecule has 0 N–H and O–H groups in total. The molecule has 0 unspecified atom stereocenters. The van der Waals surface area contributed by atoms with Crippen LogP contribution in [0.15, 0.2) is 42.7 Å². The molecule has 6 heteroatoms. The second-order valence-corrected chi connectivity index (χ2v) is 6.00. The fourth-order valence-electron chi connectivity index (χ4n) is 2.28.